The van der Waals surface area contributed by atoms with Crippen molar-refractivity contribution >= 4 is 58.5 Å². The molecular formula is C11H8Cl2N2O2S2. The first kappa shape index (κ1) is 14.3. The van der Waals surface area contributed by atoms with Crippen LogP contribution < -0.4 is 5.73 Å². The van der Waals surface area contributed by atoms with Gasteiger partial charge in [0.1, 0.15) is 5.82 Å². The van der Waals surface area contributed by atoms with Crippen molar-refractivity contribution in [3.8, 4) is 5.69 Å². The topological polar surface area (TPSA) is 57.2 Å². The number of nitrogens with zero attached hydrogens (tertiary/aromatic N) is 1. The summed E-state index contributed by atoms with van der Waals surface area (Å²) in [5, 5.41) is 0.810. The first-order valence-corrected chi connectivity index (χ1v) is 6.99. The van der Waals surface area contributed by atoms with Gasteiger partial charge in [0.25, 0.3) is 0 Å². The highest BCUT2D eigenvalue weighted by molar-refractivity contribution is 7.73. The third kappa shape index (κ3) is 2.62. The smallest absolute Gasteiger partial charge is 0.351 e. The molecule has 0 atom stereocenters. The van der Waals surface area contributed by atoms with Crippen LogP contribution in [0.4, 0.5) is 5.82 Å². The normalized spacial score (nSPS) is 10.5. The molecule has 1 heterocycles. The Hall–Kier alpha value is -1.08. The molecule has 2 aromatic rings. The number of halogens is 2. The average molecular weight is 335 g/mol. The molecular weight excluding hydrogens is 327 g/mol. The Morgan fingerprint density at radius 2 is 2.11 bits per heavy atom. The van der Waals surface area contributed by atoms with Crippen LogP contribution in [0.5, 0.6) is 0 Å². The number of thiazole rings is 1. The van der Waals surface area contributed by atoms with Crippen LogP contribution in [0, 0.1) is 3.95 Å². The summed E-state index contributed by atoms with van der Waals surface area (Å²) in [6.07, 6.45) is 0. The largest absolute Gasteiger partial charge is 0.465 e. The van der Waals surface area contributed by atoms with Crippen molar-refractivity contribution in [1.82, 2.24) is 4.57 Å². The number of aromatic nitrogens is 1. The first-order chi connectivity index (χ1) is 8.95. The molecule has 0 aliphatic carbocycles. The summed E-state index contributed by atoms with van der Waals surface area (Å²) in [5.41, 5.74) is 6.57. The molecule has 19 heavy (non-hydrogen) atoms. The molecule has 2 rings (SSSR count). The average Bonchev–Trinajstić information content (AvgIpc) is 2.68. The molecule has 4 nitrogen and oxygen atoms in total. The standard InChI is InChI=1S/C11H8Cl2N2O2S2/c1-17-10(16)8-9(14)15(11(18)19-8)5-2-3-6(12)7(13)4-5/h2-4H,14H2,1H3. The fraction of sp³-hybridized carbons (Fsp3) is 0.0909. The first-order valence-electron chi connectivity index (χ1n) is 5.00. The van der Waals surface area contributed by atoms with Crippen LogP contribution in [0.15, 0.2) is 18.2 Å². The molecule has 0 saturated carbocycles. The van der Waals surface area contributed by atoms with Crippen molar-refractivity contribution in [3.05, 3.63) is 37.1 Å². The summed E-state index contributed by atoms with van der Waals surface area (Å²) in [7, 11) is 1.29. The predicted molar refractivity (Wildman–Crippen MR) is 80.3 cm³/mol. The second-order valence-corrected chi connectivity index (χ2v) is 5.97. The molecule has 8 heteroatoms. The molecule has 0 radical (unpaired) electrons. The number of nitrogens with two attached hydrogens (primary N) is 1. The number of rotatable bonds is 2. The Morgan fingerprint density at radius 1 is 1.42 bits per heavy atom. The zero-order valence-corrected chi connectivity index (χ0v) is 12.8. The van der Waals surface area contributed by atoms with E-state index in [4.69, 9.17) is 41.2 Å². The van der Waals surface area contributed by atoms with E-state index in [0.29, 0.717) is 19.7 Å². The lowest BCUT2D eigenvalue weighted by Crippen LogP contribution is -2.06. The van der Waals surface area contributed by atoms with Gasteiger partial charge in [-0.15, -0.1) is 0 Å². The summed E-state index contributed by atoms with van der Waals surface area (Å²) in [6.45, 7) is 0. The van der Waals surface area contributed by atoms with Crippen LogP contribution in [0.1, 0.15) is 9.67 Å². The maximum Gasteiger partial charge on any atom is 0.351 e. The lowest BCUT2D eigenvalue weighted by molar-refractivity contribution is 0.0607. The van der Waals surface area contributed by atoms with Crippen LogP contribution in [0.3, 0.4) is 0 Å². The Kier molecular flexibility index (Phi) is 4.15. The molecule has 0 unspecified atom stereocenters. The van der Waals surface area contributed by atoms with Gasteiger partial charge >= 0.3 is 5.97 Å². The van der Waals surface area contributed by atoms with Gasteiger partial charge < -0.3 is 10.5 Å². The third-order valence-corrected chi connectivity index (χ3v) is 4.49. The maximum atomic E-state index is 11.6. The van der Waals surface area contributed by atoms with Gasteiger partial charge in [-0.1, -0.05) is 34.5 Å². The zero-order valence-electron chi connectivity index (χ0n) is 9.65. The fourth-order valence-corrected chi connectivity index (χ4v) is 3.07. The van der Waals surface area contributed by atoms with Crippen molar-refractivity contribution in [2.75, 3.05) is 12.8 Å². The number of anilines is 1. The highest BCUT2D eigenvalue weighted by atomic mass is 35.5. The molecule has 100 valence electrons. The molecule has 0 saturated heterocycles. The molecule has 1 aromatic heterocycles. The highest BCUT2D eigenvalue weighted by Crippen LogP contribution is 2.30. The van der Waals surface area contributed by atoms with Gasteiger partial charge in [-0.25, -0.2) is 4.79 Å². The molecule has 0 fully saturated rings. The van der Waals surface area contributed by atoms with E-state index in [1.165, 1.54) is 7.11 Å². The number of methoxy groups -OCH3 is 1. The van der Waals surface area contributed by atoms with Gasteiger partial charge in [-0.2, -0.15) is 0 Å². The van der Waals surface area contributed by atoms with Crippen molar-refractivity contribution in [3.63, 3.8) is 0 Å². The number of benzene rings is 1. The van der Waals surface area contributed by atoms with Crippen molar-refractivity contribution in [2.24, 2.45) is 0 Å². The fourth-order valence-electron chi connectivity index (χ4n) is 1.49. The molecule has 0 aliphatic rings. The Labute approximate surface area is 128 Å². The van der Waals surface area contributed by atoms with Gasteiger partial charge in [0.15, 0.2) is 8.83 Å². The number of esters is 1. The SMILES string of the molecule is COC(=O)c1sc(=S)n(-c2ccc(Cl)c(Cl)c2)c1N. The van der Waals surface area contributed by atoms with Crippen molar-refractivity contribution in [2.45, 2.75) is 0 Å². The van der Waals surface area contributed by atoms with Crippen LogP contribution in [0.2, 0.25) is 10.0 Å². The van der Waals surface area contributed by atoms with Crippen LogP contribution in [0.25, 0.3) is 5.69 Å². The Balaban J connectivity index is 2.63. The van der Waals surface area contributed by atoms with E-state index >= 15 is 0 Å². The number of hydrogen-bond acceptors (Lipinski definition) is 5. The molecule has 2 N–H and O–H groups in total. The van der Waals surface area contributed by atoms with Gasteiger partial charge in [0.2, 0.25) is 0 Å². The zero-order chi connectivity index (χ0) is 14.2. The van der Waals surface area contributed by atoms with E-state index in [9.17, 15) is 4.79 Å². The summed E-state index contributed by atoms with van der Waals surface area (Å²) in [6, 6.07) is 4.98. The Morgan fingerprint density at radius 3 is 2.68 bits per heavy atom. The summed E-state index contributed by atoms with van der Waals surface area (Å²) in [5.74, 6) is -0.298. The monoisotopic (exact) mass is 334 g/mol. The number of nitrogen functional groups attached to an aromatic ring is 1. The predicted octanol–water partition coefficient (Wildman–Crippen LogP) is 3.94. The van der Waals surface area contributed by atoms with Gasteiger partial charge in [-0.05, 0) is 30.4 Å². The molecule has 0 spiro atoms. The summed E-state index contributed by atoms with van der Waals surface area (Å²) >= 11 is 18.1. The minimum absolute atomic E-state index is 0.222. The van der Waals surface area contributed by atoms with Crippen molar-refractivity contribution in [1.29, 1.82) is 0 Å². The second kappa shape index (κ2) is 5.50. The summed E-state index contributed by atoms with van der Waals surface area (Å²) in [4.78, 5) is 11.8. The van der Waals surface area contributed by atoms with E-state index in [0.717, 1.165) is 11.3 Å². The summed E-state index contributed by atoms with van der Waals surface area (Å²) < 4.78 is 6.63. The van der Waals surface area contributed by atoms with Gasteiger partial charge in [-0.3, -0.25) is 4.57 Å². The molecule has 0 amide bonds. The van der Waals surface area contributed by atoms with Crippen LogP contribution in [-0.2, 0) is 4.74 Å². The minimum Gasteiger partial charge on any atom is -0.465 e. The van der Waals surface area contributed by atoms with Gasteiger partial charge in [0, 0.05) is 0 Å². The van der Waals surface area contributed by atoms with Gasteiger partial charge in [0.05, 0.1) is 22.8 Å². The second-order valence-electron chi connectivity index (χ2n) is 3.51. The lowest BCUT2D eigenvalue weighted by Gasteiger charge is -2.07. The maximum absolute atomic E-state index is 11.6. The molecule has 0 aliphatic heterocycles. The number of hydrogen-bond donors (Lipinski definition) is 1. The number of ether oxygens (including phenoxy) is 1. The quantitative estimate of drug-likeness (QED) is 0.667. The van der Waals surface area contributed by atoms with Crippen molar-refractivity contribution < 1.29 is 9.53 Å². The van der Waals surface area contributed by atoms with E-state index < -0.39 is 5.97 Å². The Bertz CT molecular complexity index is 709. The molecule has 0 bridgehead atoms. The van der Waals surface area contributed by atoms with Crippen LogP contribution in [-0.4, -0.2) is 17.6 Å². The minimum atomic E-state index is -0.521. The van der Waals surface area contributed by atoms with E-state index in [2.05, 4.69) is 4.74 Å². The highest BCUT2D eigenvalue weighted by Gasteiger charge is 2.18. The van der Waals surface area contributed by atoms with E-state index in [1.54, 1.807) is 22.8 Å². The van der Waals surface area contributed by atoms with E-state index in [-0.39, 0.29) is 10.7 Å². The third-order valence-electron chi connectivity index (χ3n) is 2.38. The van der Waals surface area contributed by atoms with Crippen LogP contribution >= 0.6 is 46.8 Å². The number of carbonyl (C=O) groups excluding carboxylic acids is 1. The molecule has 1 aromatic carbocycles. The number of carbonyl (C=O) groups is 1. The van der Waals surface area contributed by atoms with E-state index in [1.807, 2.05) is 0 Å². The lowest BCUT2D eigenvalue weighted by atomic mass is 10.3.